The lowest BCUT2D eigenvalue weighted by Gasteiger charge is -2.11. The van der Waals surface area contributed by atoms with Crippen LogP contribution in [0.15, 0.2) is 36.4 Å². The Hall–Kier alpha value is -2.36. The van der Waals surface area contributed by atoms with Crippen molar-refractivity contribution < 1.29 is 4.39 Å². The molecule has 2 N–H and O–H groups in total. The molecule has 0 saturated heterocycles. The topological polar surface area (TPSA) is 43.8 Å². The largest absolute Gasteiger partial charge is 0.399 e. The number of nitrogens with zero attached hydrogens (tertiary/aromatic N) is 2. The first kappa shape index (κ1) is 13.6. The second-order valence-electron chi connectivity index (χ2n) is 5.32. The van der Waals surface area contributed by atoms with Gasteiger partial charge in [0, 0.05) is 12.1 Å². The lowest BCUT2D eigenvalue weighted by atomic mass is 10.2. The Morgan fingerprint density at radius 2 is 2.00 bits per heavy atom. The fourth-order valence-corrected chi connectivity index (χ4v) is 2.60. The number of benzene rings is 2. The van der Waals surface area contributed by atoms with Gasteiger partial charge in [0.1, 0.15) is 11.6 Å². The van der Waals surface area contributed by atoms with Crippen LogP contribution in [0, 0.1) is 12.7 Å². The van der Waals surface area contributed by atoms with Gasteiger partial charge in [0.05, 0.1) is 16.7 Å². The highest BCUT2D eigenvalue weighted by atomic mass is 19.1. The first-order chi connectivity index (χ1) is 10.1. The number of fused-ring (bicyclic) bond motifs is 1. The number of halogens is 1. The molecule has 3 aromatic rings. The standard InChI is InChI=1S/C17H18FN3/c1-3-4-17-20-14-10-12(19)6-8-15(14)21(17)16-9-11(2)5-7-13(16)18/h5-10H,3-4,19H2,1-2H3. The average molecular weight is 283 g/mol. The summed E-state index contributed by atoms with van der Waals surface area (Å²) in [5.41, 5.74) is 9.75. The predicted octanol–water partition coefficient (Wildman–Crippen LogP) is 4.01. The summed E-state index contributed by atoms with van der Waals surface area (Å²) in [4.78, 5) is 4.63. The predicted molar refractivity (Wildman–Crippen MR) is 84.2 cm³/mol. The van der Waals surface area contributed by atoms with Crippen molar-refractivity contribution >= 4 is 16.7 Å². The van der Waals surface area contributed by atoms with Gasteiger partial charge in [-0.25, -0.2) is 9.37 Å². The molecule has 1 heterocycles. The summed E-state index contributed by atoms with van der Waals surface area (Å²) in [6.07, 6.45) is 1.74. The second kappa shape index (κ2) is 5.20. The van der Waals surface area contributed by atoms with E-state index in [0.29, 0.717) is 11.4 Å². The fraction of sp³-hybridized carbons (Fsp3) is 0.235. The Bertz CT molecular complexity index is 805. The number of aromatic nitrogens is 2. The van der Waals surface area contributed by atoms with Gasteiger partial charge in [0.15, 0.2) is 0 Å². The molecule has 0 aliphatic rings. The Balaban J connectivity index is 2.33. The number of nitrogen functional groups attached to an aromatic ring is 1. The maximum Gasteiger partial charge on any atom is 0.147 e. The van der Waals surface area contributed by atoms with E-state index in [9.17, 15) is 4.39 Å². The molecule has 0 aliphatic heterocycles. The van der Waals surface area contributed by atoms with E-state index in [1.807, 2.05) is 35.8 Å². The monoisotopic (exact) mass is 283 g/mol. The quantitative estimate of drug-likeness (QED) is 0.738. The van der Waals surface area contributed by atoms with E-state index in [1.54, 1.807) is 6.07 Å². The third kappa shape index (κ3) is 2.37. The summed E-state index contributed by atoms with van der Waals surface area (Å²) in [6, 6.07) is 10.7. The fourth-order valence-electron chi connectivity index (χ4n) is 2.60. The Morgan fingerprint density at radius 3 is 2.76 bits per heavy atom. The van der Waals surface area contributed by atoms with Gasteiger partial charge in [-0.2, -0.15) is 0 Å². The van der Waals surface area contributed by atoms with E-state index in [0.717, 1.165) is 35.3 Å². The third-order valence-corrected chi connectivity index (χ3v) is 3.56. The molecule has 0 unspecified atom stereocenters. The molecule has 0 aliphatic carbocycles. The molecule has 3 nitrogen and oxygen atoms in total. The van der Waals surface area contributed by atoms with Crippen LogP contribution in [0.5, 0.6) is 0 Å². The van der Waals surface area contributed by atoms with Gasteiger partial charge < -0.3 is 5.73 Å². The number of imidazole rings is 1. The number of nitrogens with two attached hydrogens (primary N) is 1. The van der Waals surface area contributed by atoms with Gasteiger partial charge in [0.2, 0.25) is 0 Å². The van der Waals surface area contributed by atoms with E-state index in [2.05, 4.69) is 11.9 Å². The van der Waals surface area contributed by atoms with Crippen LogP contribution in [0.25, 0.3) is 16.7 Å². The van der Waals surface area contributed by atoms with E-state index >= 15 is 0 Å². The smallest absolute Gasteiger partial charge is 0.147 e. The lowest BCUT2D eigenvalue weighted by Crippen LogP contribution is -2.04. The SMILES string of the molecule is CCCc1nc2cc(N)ccc2n1-c1cc(C)ccc1F. The second-order valence-corrected chi connectivity index (χ2v) is 5.32. The zero-order valence-corrected chi connectivity index (χ0v) is 12.2. The maximum atomic E-state index is 14.3. The Morgan fingerprint density at radius 1 is 1.19 bits per heavy atom. The third-order valence-electron chi connectivity index (χ3n) is 3.56. The van der Waals surface area contributed by atoms with Crippen LogP contribution in [0.2, 0.25) is 0 Å². The van der Waals surface area contributed by atoms with E-state index in [1.165, 1.54) is 6.07 Å². The molecular formula is C17H18FN3. The normalized spacial score (nSPS) is 11.2. The van der Waals surface area contributed by atoms with Crippen molar-refractivity contribution in [3.8, 4) is 5.69 Å². The number of hydrogen-bond acceptors (Lipinski definition) is 2. The molecule has 0 fully saturated rings. The minimum atomic E-state index is -0.242. The zero-order valence-electron chi connectivity index (χ0n) is 12.2. The van der Waals surface area contributed by atoms with Gasteiger partial charge in [-0.05, 0) is 49.2 Å². The van der Waals surface area contributed by atoms with Crippen LogP contribution in [0.3, 0.4) is 0 Å². The molecular weight excluding hydrogens is 265 g/mol. The molecule has 0 saturated carbocycles. The summed E-state index contributed by atoms with van der Waals surface area (Å²) in [5, 5.41) is 0. The summed E-state index contributed by atoms with van der Waals surface area (Å²) in [5.74, 6) is 0.622. The molecule has 2 aromatic carbocycles. The van der Waals surface area contributed by atoms with Gasteiger partial charge in [0.25, 0.3) is 0 Å². The van der Waals surface area contributed by atoms with Crippen LogP contribution in [-0.2, 0) is 6.42 Å². The summed E-state index contributed by atoms with van der Waals surface area (Å²) >= 11 is 0. The highest BCUT2D eigenvalue weighted by Crippen LogP contribution is 2.26. The number of hydrogen-bond donors (Lipinski definition) is 1. The molecule has 108 valence electrons. The molecule has 1 aromatic heterocycles. The Labute approximate surface area is 123 Å². The van der Waals surface area contributed by atoms with Crippen molar-refractivity contribution in [1.29, 1.82) is 0 Å². The highest BCUT2D eigenvalue weighted by molar-refractivity contribution is 5.81. The lowest BCUT2D eigenvalue weighted by molar-refractivity contribution is 0.615. The first-order valence-electron chi connectivity index (χ1n) is 7.13. The number of aryl methyl sites for hydroxylation is 2. The van der Waals surface area contributed by atoms with Crippen molar-refractivity contribution in [2.75, 3.05) is 5.73 Å². The van der Waals surface area contributed by atoms with Crippen LogP contribution >= 0.6 is 0 Å². The minimum absolute atomic E-state index is 0.242. The molecule has 3 rings (SSSR count). The molecule has 0 atom stereocenters. The average Bonchev–Trinajstić information content (AvgIpc) is 2.79. The molecule has 0 radical (unpaired) electrons. The van der Waals surface area contributed by atoms with Gasteiger partial charge >= 0.3 is 0 Å². The van der Waals surface area contributed by atoms with Crippen LogP contribution in [0.1, 0.15) is 24.7 Å². The van der Waals surface area contributed by atoms with Gasteiger partial charge in [-0.15, -0.1) is 0 Å². The first-order valence-corrected chi connectivity index (χ1v) is 7.13. The van der Waals surface area contributed by atoms with E-state index in [4.69, 9.17) is 5.73 Å². The summed E-state index contributed by atoms with van der Waals surface area (Å²) in [7, 11) is 0. The van der Waals surface area contributed by atoms with E-state index < -0.39 is 0 Å². The molecule has 21 heavy (non-hydrogen) atoms. The highest BCUT2D eigenvalue weighted by Gasteiger charge is 2.15. The summed E-state index contributed by atoms with van der Waals surface area (Å²) < 4.78 is 16.2. The van der Waals surface area contributed by atoms with Gasteiger partial charge in [-0.3, -0.25) is 4.57 Å². The van der Waals surface area contributed by atoms with Crippen LogP contribution < -0.4 is 5.73 Å². The summed E-state index contributed by atoms with van der Waals surface area (Å²) in [6.45, 7) is 4.05. The number of anilines is 1. The molecule has 0 bridgehead atoms. The van der Waals surface area contributed by atoms with Crippen LogP contribution in [0.4, 0.5) is 10.1 Å². The van der Waals surface area contributed by atoms with E-state index in [-0.39, 0.29) is 5.82 Å². The maximum absolute atomic E-state index is 14.3. The van der Waals surface area contributed by atoms with Gasteiger partial charge in [-0.1, -0.05) is 13.0 Å². The van der Waals surface area contributed by atoms with Crippen LogP contribution in [-0.4, -0.2) is 9.55 Å². The molecule has 4 heteroatoms. The Kier molecular flexibility index (Phi) is 3.37. The van der Waals surface area contributed by atoms with Crippen molar-refractivity contribution in [3.63, 3.8) is 0 Å². The zero-order chi connectivity index (χ0) is 15.0. The van der Waals surface area contributed by atoms with Crippen molar-refractivity contribution in [3.05, 3.63) is 53.6 Å². The minimum Gasteiger partial charge on any atom is -0.399 e. The number of rotatable bonds is 3. The molecule has 0 spiro atoms. The van der Waals surface area contributed by atoms with Crippen molar-refractivity contribution in [2.24, 2.45) is 0 Å². The van der Waals surface area contributed by atoms with Crippen molar-refractivity contribution in [2.45, 2.75) is 26.7 Å². The molecule has 0 amide bonds. The van der Waals surface area contributed by atoms with Crippen molar-refractivity contribution in [1.82, 2.24) is 9.55 Å².